The van der Waals surface area contributed by atoms with E-state index >= 15 is 0 Å². The van der Waals surface area contributed by atoms with Gasteiger partial charge in [0.15, 0.2) is 0 Å². The van der Waals surface area contributed by atoms with Gasteiger partial charge in [0.2, 0.25) is 0 Å². The Balaban J connectivity index is 2.19. The number of halogens is 2. The molecule has 1 aromatic carbocycles. The Morgan fingerprint density at radius 2 is 2.14 bits per heavy atom. The fraction of sp³-hybridized carbons (Fsp3) is 0.312. The highest BCUT2D eigenvalue weighted by Gasteiger charge is 2.11. The maximum atomic E-state index is 13.2. The quantitative estimate of drug-likeness (QED) is 0.829. The number of pyridine rings is 1. The maximum Gasteiger partial charge on any atom is 0.142 e. The Morgan fingerprint density at radius 1 is 1.33 bits per heavy atom. The van der Waals surface area contributed by atoms with Crippen molar-refractivity contribution in [2.24, 2.45) is 0 Å². The molecule has 1 unspecified atom stereocenters. The van der Waals surface area contributed by atoms with Gasteiger partial charge in [-0.1, -0.05) is 18.5 Å². The SMILES string of the molecule is CCCOc1ccc(Cl)cc1NC(C)c1cncc(F)c1. The number of aromatic nitrogens is 1. The van der Waals surface area contributed by atoms with E-state index in [-0.39, 0.29) is 11.9 Å². The van der Waals surface area contributed by atoms with E-state index in [0.717, 1.165) is 23.4 Å². The number of benzene rings is 1. The predicted molar refractivity (Wildman–Crippen MR) is 83.5 cm³/mol. The number of nitrogens with one attached hydrogen (secondary N) is 1. The van der Waals surface area contributed by atoms with Gasteiger partial charge >= 0.3 is 0 Å². The van der Waals surface area contributed by atoms with Gasteiger partial charge in [-0.3, -0.25) is 4.98 Å². The molecule has 0 aliphatic rings. The van der Waals surface area contributed by atoms with Gasteiger partial charge in [-0.05, 0) is 43.2 Å². The van der Waals surface area contributed by atoms with Crippen LogP contribution in [0.4, 0.5) is 10.1 Å². The molecule has 21 heavy (non-hydrogen) atoms. The number of rotatable bonds is 6. The lowest BCUT2D eigenvalue weighted by Crippen LogP contribution is -2.09. The van der Waals surface area contributed by atoms with Crippen LogP contribution in [-0.4, -0.2) is 11.6 Å². The van der Waals surface area contributed by atoms with Crippen LogP contribution in [0.5, 0.6) is 5.75 Å². The molecular weight excluding hydrogens is 291 g/mol. The minimum absolute atomic E-state index is 0.115. The number of anilines is 1. The largest absolute Gasteiger partial charge is 0.491 e. The van der Waals surface area contributed by atoms with Crippen molar-refractivity contribution >= 4 is 17.3 Å². The van der Waals surface area contributed by atoms with Gasteiger partial charge in [0.05, 0.1) is 24.5 Å². The van der Waals surface area contributed by atoms with Crippen molar-refractivity contribution in [3.63, 3.8) is 0 Å². The van der Waals surface area contributed by atoms with Gasteiger partial charge in [0, 0.05) is 11.2 Å². The van der Waals surface area contributed by atoms with Crippen molar-refractivity contribution in [3.8, 4) is 5.75 Å². The highest BCUT2D eigenvalue weighted by Crippen LogP contribution is 2.31. The highest BCUT2D eigenvalue weighted by molar-refractivity contribution is 6.30. The zero-order valence-electron chi connectivity index (χ0n) is 12.1. The Labute approximate surface area is 129 Å². The lowest BCUT2D eigenvalue weighted by atomic mass is 10.1. The molecule has 0 amide bonds. The average Bonchev–Trinajstić information content (AvgIpc) is 2.46. The second-order valence-electron chi connectivity index (χ2n) is 4.79. The fourth-order valence-corrected chi connectivity index (χ4v) is 2.11. The van der Waals surface area contributed by atoms with Crippen molar-refractivity contribution in [2.75, 3.05) is 11.9 Å². The fourth-order valence-electron chi connectivity index (χ4n) is 1.93. The Kier molecular flexibility index (Phi) is 5.39. The molecule has 1 aromatic heterocycles. The smallest absolute Gasteiger partial charge is 0.142 e. The van der Waals surface area contributed by atoms with Crippen LogP contribution >= 0.6 is 11.6 Å². The van der Waals surface area contributed by atoms with Gasteiger partial charge in [0.25, 0.3) is 0 Å². The highest BCUT2D eigenvalue weighted by atomic mass is 35.5. The van der Waals surface area contributed by atoms with Crippen LogP contribution in [0.2, 0.25) is 5.02 Å². The molecule has 1 atom stereocenters. The van der Waals surface area contributed by atoms with Crippen LogP contribution in [-0.2, 0) is 0 Å². The minimum Gasteiger partial charge on any atom is -0.491 e. The lowest BCUT2D eigenvalue weighted by Gasteiger charge is -2.18. The summed E-state index contributed by atoms with van der Waals surface area (Å²) in [6.45, 7) is 4.61. The summed E-state index contributed by atoms with van der Waals surface area (Å²) < 4.78 is 18.9. The summed E-state index contributed by atoms with van der Waals surface area (Å²) in [4.78, 5) is 3.86. The van der Waals surface area contributed by atoms with Crippen LogP contribution in [0.1, 0.15) is 31.9 Å². The average molecular weight is 309 g/mol. The summed E-state index contributed by atoms with van der Waals surface area (Å²) in [6.07, 6.45) is 3.74. The van der Waals surface area contributed by atoms with Crippen LogP contribution in [0, 0.1) is 5.82 Å². The van der Waals surface area contributed by atoms with Crippen LogP contribution in [0.25, 0.3) is 0 Å². The molecule has 0 aliphatic carbocycles. The van der Waals surface area contributed by atoms with E-state index in [1.807, 2.05) is 19.9 Å². The van der Waals surface area contributed by atoms with Crippen molar-refractivity contribution < 1.29 is 9.13 Å². The van der Waals surface area contributed by atoms with Gasteiger partial charge in [-0.2, -0.15) is 0 Å². The molecule has 0 saturated heterocycles. The van der Waals surface area contributed by atoms with Crippen LogP contribution in [0.3, 0.4) is 0 Å². The maximum absolute atomic E-state index is 13.2. The van der Waals surface area contributed by atoms with E-state index in [1.165, 1.54) is 12.3 Å². The summed E-state index contributed by atoms with van der Waals surface area (Å²) >= 11 is 6.04. The zero-order valence-corrected chi connectivity index (χ0v) is 12.8. The van der Waals surface area contributed by atoms with Gasteiger partial charge in [-0.15, -0.1) is 0 Å². The molecule has 3 nitrogen and oxygen atoms in total. The van der Waals surface area contributed by atoms with Crippen LogP contribution < -0.4 is 10.1 Å². The summed E-state index contributed by atoms with van der Waals surface area (Å²) in [6, 6.07) is 6.76. The normalized spacial score (nSPS) is 12.0. The van der Waals surface area contributed by atoms with E-state index in [0.29, 0.717) is 11.6 Å². The van der Waals surface area contributed by atoms with E-state index in [4.69, 9.17) is 16.3 Å². The second-order valence-corrected chi connectivity index (χ2v) is 5.23. The standard InChI is InChI=1S/C16H18ClFN2O/c1-3-6-21-16-5-4-13(17)8-15(16)20-11(2)12-7-14(18)10-19-9-12/h4-5,7-11,20H,3,6H2,1-2H3. The molecule has 2 rings (SSSR count). The molecule has 5 heteroatoms. The Hall–Kier alpha value is -1.81. The molecular formula is C16H18ClFN2O. The van der Waals surface area contributed by atoms with Gasteiger partial charge < -0.3 is 10.1 Å². The summed E-state index contributed by atoms with van der Waals surface area (Å²) in [5.41, 5.74) is 1.55. The second kappa shape index (κ2) is 7.27. The van der Waals surface area contributed by atoms with Gasteiger partial charge in [-0.25, -0.2) is 4.39 Å². The first-order valence-electron chi connectivity index (χ1n) is 6.89. The molecule has 0 spiro atoms. The molecule has 0 aliphatic heterocycles. The van der Waals surface area contributed by atoms with E-state index in [9.17, 15) is 4.39 Å². The first kappa shape index (κ1) is 15.6. The molecule has 0 saturated carbocycles. The summed E-state index contributed by atoms with van der Waals surface area (Å²) in [5.74, 6) is 0.382. The van der Waals surface area contributed by atoms with Crippen molar-refractivity contribution in [1.29, 1.82) is 0 Å². The topological polar surface area (TPSA) is 34.1 Å². The molecule has 1 heterocycles. The van der Waals surface area contributed by atoms with Crippen LogP contribution in [0.15, 0.2) is 36.7 Å². The minimum atomic E-state index is -0.352. The molecule has 0 fully saturated rings. The molecule has 2 aromatic rings. The lowest BCUT2D eigenvalue weighted by molar-refractivity contribution is 0.318. The number of hydrogen-bond acceptors (Lipinski definition) is 3. The third kappa shape index (κ3) is 4.33. The van der Waals surface area contributed by atoms with Crippen molar-refractivity contribution in [1.82, 2.24) is 4.98 Å². The predicted octanol–water partition coefficient (Wildman–Crippen LogP) is 4.84. The summed E-state index contributed by atoms with van der Waals surface area (Å²) in [7, 11) is 0. The number of nitrogens with zero attached hydrogens (tertiary/aromatic N) is 1. The zero-order chi connectivity index (χ0) is 15.2. The Morgan fingerprint density at radius 3 is 2.86 bits per heavy atom. The Bertz CT molecular complexity index is 607. The molecule has 112 valence electrons. The number of hydrogen-bond donors (Lipinski definition) is 1. The molecule has 0 bridgehead atoms. The van der Waals surface area contributed by atoms with Crippen molar-refractivity contribution in [2.45, 2.75) is 26.3 Å². The number of ether oxygens (including phenoxy) is 1. The molecule has 1 N–H and O–H groups in total. The first-order valence-corrected chi connectivity index (χ1v) is 7.27. The third-order valence-corrected chi connectivity index (χ3v) is 3.24. The summed E-state index contributed by atoms with van der Waals surface area (Å²) in [5, 5.41) is 3.90. The van der Waals surface area contributed by atoms with E-state index in [1.54, 1.807) is 18.3 Å². The van der Waals surface area contributed by atoms with Crippen molar-refractivity contribution in [3.05, 3.63) is 53.1 Å². The monoisotopic (exact) mass is 308 g/mol. The molecule has 0 radical (unpaired) electrons. The van der Waals surface area contributed by atoms with Gasteiger partial charge in [0.1, 0.15) is 11.6 Å². The third-order valence-electron chi connectivity index (χ3n) is 3.00. The van der Waals surface area contributed by atoms with E-state index in [2.05, 4.69) is 10.3 Å². The first-order chi connectivity index (χ1) is 10.1. The van der Waals surface area contributed by atoms with E-state index < -0.39 is 0 Å².